The normalized spacial score (nSPS) is 17.2. The summed E-state index contributed by atoms with van der Waals surface area (Å²) in [7, 11) is 4.49. The van der Waals surface area contributed by atoms with Crippen LogP contribution in [0, 0.1) is 6.92 Å². The molecule has 0 amide bonds. The molecule has 1 aliphatic carbocycles. The first-order valence-electron chi connectivity index (χ1n) is 12.1. The smallest absolute Gasteiger partial charge is 0.293 e. The van der Waals surface area contributed by atoms with Crippen molar-refractivity contribution in [1.82, 2.24) is 4.57 Å². The standard InChI is InChI=1S/C30H33N2O/c1-18-12-14-22-21-15-13-19-10-8-9-11-20(19)24(21)33-25(22)23(18)28-31(6)26-27(32(28)7)30(4,5)17-16-29(26,2)3/h8-15H,16-17H2,1-7H3/q+1. The molecule has 33 heavy (non-hydrogen) atoms. The summed E-state index contributed by atoms with van der Waals surface area (Å²) in [4.78, 5) is 0. The molecule has 3 nitrogen and oxygen atoms in total. The number of hydrogen-bond donors (Lipinski definition) is 0. The fourth-order valence-electron chi connectivity index (χ4n) is 6.44. The molecule has 0 atom stereocenters. The van der Waals surface area contributed by atoms with E-state index in [4.69, 9.17) is 4.42 Å². The van der Waals surface area contributed by atoms with Gasteiger partial charge in [0.1, 0.15) is 11.1 Å². The maximum Gasteiger partial charge on any atom is 0.293 e. The Morgan fingerprint density at radius 3 is 2.24 bits per heavy atom. The molecule has 0 bridgehead atoms. The number of fused-ring (bicyclic) bond motifs is 6. The van der Waals surface area contributed by atoms with E-state index >= 15 is 0 Å². The molecule has 6 rings (SSSR count). The summed E-state index contributed by atoms with van der Waals surface area (Å²) in [6.45, 7) is 11.8. The summed E-state index contributed by atoms with van der Waals surface area (Å²) in [5.74, 6) is 1.23. The van der Waals surface area contributed by atoms with Gasteiger partial charge in [0.2, 0.25) is 0 Å². The zero-order chi connectivity index (χ0) is 23.3. The first kappa shape index (κ1) is 20.5. The van der Waals surface area contributed by atoms with Gasteiger partial charge >= 0.3 is 0 Å². The minimum absolute atomic E-state index is 0.140. The molecular formula is C30H33N2O+. The zero-order valence-electron chi connectivity index (χ0n) is 20.8. The zero-order valence-corrected chi connectivity index (χ0v) is 20.8. The Kier molecular flexibility index (Phi) is 4.04. The van der Waals surface area contributed by atoms with E-state index in [2.05, 4.69) is 106 Å². The molecule has 0 radical (unpaired) electrons. The van der Waals surface area contributed by atoms with E-state index in [0.29, 0.717) is 0 Å². The van der Waals surface area contributed by atoms with Gasteiger partial charge in [0.25, 0.3) is 5.82 Å². The molecule has 0 aliphatic heterocycles. The summed E-state index contributed by atoms with van der Waals surface area (Å²) in [6, 6.07) is 17.4. The van der Waals surface area contributed by atoms with Crippen molar-refractivity contribution in [3.63, 3.8) is 0 Å². The third-order valence-electron chi connectivity index (χ3n) is 8.15. The minimum atomic E-state index is 0.140. The SMILES string of the molecule is Cc1ccc2c(oc3c4ccccc4ccc23)c1-c1n(C)c2c([n+]1C)C(C)(C)CCC2(C)C. The molecular weight excluding hydrogens is 404 g/mol. The van der Waals surface area contributed by atoms with Gasteiger partial charge in [-0.1, -0.05) is 70.2 Å². The van der Waals surface area contributed by atoms with E-state index in [1.54, 1.807) is 0 Å². The molecule has 5 aromatic rings. The average Bonchev–Trinajstić information content (AvgIpc) is 3.28. The summed E-state index contributed by atoms with van der Waals surface area (Å²) in [6.07, 6.45) is 2.40. The molecule has 2 heterocycles. The monoisotopic (exact) mass is 437 g/mol. The first-order valence-corrected chi connectivity index (χ1v) is 12.1. The van der Waals surface area contributed by atoms with Crippen molar-refractivity contribution in [2.75, 3.05) is 0 Å². The summed E-state index contributed by atoms with van der Waals surface area (Å²) in [5.41, 5.74) is 7.61. The number of benzene rings is 3. The van der Waals surface area contributed by atoms with Crippen LogP contribution in [0.4, 0.5) is 0 Å². The first-order chi connectivity index (χ1) is 15.6. The molecule has 168 valence electrons. The van der Waals surface area contributed by atoms with Crippen LogP contribution in [0.2, 0.25) is 0 Å². The van der Waals surface area contributed by atoms with Gasteiger partial charge in [-0.3, -0.25) is 0 Å². The van der Waals surface area contributed by atoms with Gasteiger partial charge in [-0.15, -0.1) is 0 Å². The molecule has 0 unspecified atom stereocenters. The summed E-state index contributed by atoms with van der Waals surface area (Å²) >= 11 is 0. The van der Waals surface area contributed by atoms with Gasteiger partial charge in [-0.05, 0) is 36.8 Å². The number of rotatable bonds is 1. The van der Waals surface area contributed by atoms with Crippen LogP contribution in [-0.4, -0.2) is 4.57 Å². The highest BCUT2D eigenvalue weighted by Crippen LogP contribution is 2.47. The van der Waals surface area contributed by atoms with Crippen LogP contribution in [0.15, 0.2) is 52.9 Å². The van der Waals surface area contributed by atoms with Gasteiger partial charge in [-0.2, -0.15) is 0 Å². The van der Waals surface area contributed by atoms with E-state index in [1.807, 2.05) is 0 Å². The predicted octanol–water partition coefficient (Wildman–Crippen LogP) is 7.23. The van der Waals surface area contributed by atoms with Gasteiger partial charge in [0.05, 0.1) is 14.1 Å². The van der Waals surface area contributed by atoms with Crippen LogP contribution >= 0.6 is 0 Å². The van der Waals surface area contributed by atoms with Crippen LogP contribution < -0.4 is 4.57 Å². The van der Waals surface area contributed by atoms with E-state index in [1.165, 1.54) is 62.7 Å². The molecule has 0 spiro atoms. The number of furan rings is 1. The van der Waals surface area contributed by atoms with Gasteiger partial charge < -0.3 is 4.42 Å². The van der Waals surface area contributed by atoms with E-state index in [9.17, 15) is 0 Å². The largest absolute Gasteiger partial charge is 0.454 e. The third kappa shape index (κ3) is 2.65. The Morgan fingerprint density at radius 2 is 1.48 bits per heavy atom. The van der Waals surface area contributed by atoms with Gasteiger partial charge in [0, 0.05) is 27.0 Å². The van der Waals surface area contributed by atoms with Crippen molar-refractivity contribution in [2.45, 2.75) is 58.3 Å². The van der Waals surface area contributed by atoms with Crippen molar-refractivity contribution < 1.29 is 8.98 Å². The Hall–Kier alpha value is -3.07. The lowest BCUT2D eigenvalue weighted by Crippen LogP contribution is -2.45. The van der Waals surface area contributed by atoms with Crippen LogP contribution in [0.5, 0.6) is 0 Å². The molecule has 3 heteroatoms. The fraction of sp³-hybridized carbons (Fsp3) is 0.367. The van der Waals surface area contributed by atoms with Crippen molar-refractivity contribution in [2.24, 2.45) is 14.1 Å². The molecule has 0 fully saturated rings. The fourth-order valence-corrected chi connectivity index (χ4v) is 6.44. The maximum absolute atomic E-state index is 6.75. The highest BCUT2D eigenvalue weighted by atomic mass is 16.3. The van der Waals surface area contributed by atoms with E-state index in [-0.39, 0.29) is 10.8 Å². The number of aryl methyl sites for hydroxylation is 1. The van der Waals surface area contributed by atoms with Crippen molar-refractivity contribution in [3.8, 4) is 11.4 Å². The van der Waals surface area contributed by atoms with Gasteiger partial charge in [-0.25, -0.2) is 9.13 Å². The second kappa shape index (κ2) is 6.50. The van der Waals surface area contributed by atoms with Crippen LogP contribution in [0.3, 0.4) is 0 Å². The topological polar surface area (TPSA) is 21.9 Å². The molecule has 1 aliphatic rings. The average molecular weight is 438 g/mol. The lowest BCUT2D eigenvalue weighted by molar-refractivity contribution is -0.671. The second-order valence-corrected chi connectivity index (χ2v) is 11.3. The second-order valence-electron chi connectivity index (χ2n) is 11.3. The van der Waals surface area contributed by atoms with Crippen LogP contribution in [0.1, 0.15) is 57.5 Å². The Morgan fingerprint density at radius 1 is 0.818 bits per heavy atom. The molecule has 0 saturated carbocycles. The van der Waals surface area contributed by atoms with E-state index < -0.39 is 0 Å². The van der Waals surface area contributed by atoms with Crippen LogP contribution in [0.25, 0.3) is 44.1 Å². The summed E-state index contributed by atoms with van der Waals surface area (Å²) in [5, 5.41) is 4.76. The van der Waals surface area contributed by atoms with Crippen LogP contribution in [-0.2, 0) is 24.9 Å². The van der Waals surface area contributed by atoms with Gasteiger partial charge in [0.15, 0.2) is 17.0 Å². The number of hydrogen-bond acceptors (Lipinski definition) is 1. The lowest BCUT2D eigenvalue weighted by Gasteiger charge is -2.36. The highest BCUT2D eigenvalue weighted by molar-refractivity contribution is 6.17. The number of imidazole rings is 1. The Bertz CT molecular complexity index is 1550. The Labute approximate surface area is 195 Å². The molecule has 0 saturated heterocycles. The van der Waals surface area contributed by atoms with Crippen molar-refractivity contribution in [3.05, 3.63) is 65.5 Å². The minimum Gasteiger partial charge on any atom is -0.454 e. The molecule has 0 N–H and O–H groups in total. The predicted molar refractivity (Wildman–Crippen MR) is 137 cm³/mol. The highest BCUT2D eigenvalue weighted by Gasteiger charge is 2.48. The number of aromatic nitrogens is 2. The third-order valence-corrected chi connectivity index (χ3v) is 8.15. The maximum atomic E-state index is 6.75. The molecule has 2 aromatic heterocycles. The van der Waals surface area contributed by atoms with Crippen molar-refractivity contribution in [1.29, 1.82) is 0 Å². The quantitative estimate of drug-likeness (QED) is 0.254. The lowest BCUT2D eigenvalue weighted by atomic mass is 9.67. The Balaban J connectivity index is 1.75. The summed E-state index contributed by atoms with van der Waals surface area (Å²) < 4.78 is 11.6. The number of nitrogens with zero attached hydrogens (tertiary/aromatic N) is 2. The molecule has 3 aromatic carbocycles. The van der Waals surface area contributed by atoms with E-state index in [0.717, 1.165) is 11.2 Å². The van der Waals surface area contributed by atoms with Crippen molar-refractivity contribution >= 4 is 32.7 Å².